The minimum absolute atomic E-state index is 0.382. The predicted octanol–water partition coefficient (Wildman–Crippen LogP) is 3.86. The third-order valence-corrected chi connectivity index (χ3v) is 3.48. The maximum atomic E-state index is 11.2. The van der Waals surface area contributed by atoms with Gasteiger partial charge in [0.25, 0.3) is 0 Å². The molecule has 0 bridgehead atoms. The number of carbonyl (C=O) groups is 1. The maximum Gasteiger partial charge on any atom is 0.411 e. The van der Waals surface area contributed by atoms with Crippen LogP contribution in [0.2, 0.25) is 0 Å². The first-order valence-corrected chi connectivity index (χ1v) is 7.05. The SMILES string of the molecule is CCOC(=O)Nc1ccc(NCC2CCCC2)cc1. The number of amides is 1. The molecule has 1 saturated carbocycles. The van der Waals surface area contributed by atoms with Crippen LogP contribution in [-0.2, 0) is 4.74 Å². The maximum absolute atomic E-state index is 11.2. The fourth-order valence-electron chi connectivity index (χ4n) is 2.43. The molecule has 1 aliphatic rings. The Labute approximate surface area is 114 Å². The van der Waals surface area contributed by atoms with Crippen molar-refractivity contribution in [2.75, 3.05) is 23.8 Å². The van der Waals surface area contributed by atoms with E-state index in [4.69, 9.17) is 4.74 Å². The van der Waals surface area contributed by atoms with Crippen molar-refractivity contribution in [1.82, 2.24) is 0 Å². The highest BCUT2D eigenvalue weighted by Crippen LogP contribution is 2.25. The minimum Gasteiger partial charge on any atom is -0.450 e. The number of nitrogens with one attached hydrogen (secondary N) is 2. The Bertz CT molecular complexity index is 397. The fourth-order valence-corrected chi connectivity index (χ4v) is 2.43. The highest BCUT2D eigenvalue weighted by atomic mass is 16.5. The third kappa shape index (κ3) is 4.47. The molecule has 0 aliphatic heterocycles. The lowest BCUT2D eigenvalue weighted by atomic mass is 10.1. The number of anilines is 2. The van der Waals surface area contributed by atoms with E-state index >= 15 is 0 Å². The predicted molar refractivity (Wildman–Crippen MR) is 77.5 cm³/mol. The normalized spacial score (nSPS) is 15.2. The highest BCUT2D eigenvalue weighted by molar-refractivity contribution is 5.84. The van der Waals surface area contributed by atoms with Crippen LogP contribution in [-0.4, -0.2) is 19.2 Å². The molecule has 1 aromatic rings. The minimum atomic E-state index is -0.408. The molecule has 0 atom stereocenters. The molecule has 2 N–H and O–H groups in total. The van der Waals surface area contributed by atoms with Crippen LogP contribution in [0.15, 0.2) is 24.3 Å². The first kappa shape index (κ1) is 13.7. The summed E-state index contributed by atoms with van der Waals surface area (Å²) in [6.07, 6.45) is 5.02. The lowest BCUT2D eigenvalue weighted by molar-refractivity contribution is 0.168. The summed E-state index contributed by atoms with van der Waals surface area (Å²) >= 11 is 0. The number of benzene rings is 1. The molecule has 1 fully saturated rings. The highest BCUT2D eigenvalue weighted by Gasteiger charge is 2.14. The van der Waals surface area contributed by atoms with Gasteiger partial charge in [-0.15, -0.1) is 0 Å². The monoisotopic (exact) mass is 262 g/mol. The first-order valence-electron chi connectivity index (χ1n) is 7.05. The topological polar surface area (TPSA) is 50.4 Å². The van der Waals surface area contributed by atoms with Crippen molar-refractivity contribution in [3.8, 4) is 0 Å². The molecule has 0 heterocycles. The molecule has 0 aromatic heterocycles. The molecule has 0 spiro atoms. The van der Waals surface area contributed by atoms with Crippen LogP contribution in [0.5, 0.6) is 0 Å². The Hall–Kier alpha value is -1.71. The molecule has 19 heavy (non-hydrogen) atoms. The number of rotatable bonds is 5. The summed E-state index contributed by atoms with van der Waals surface area (Å²) in [5, 5.41) is 6.13. The quantitative estimate of drug-likeness (QED) is 0.847. The van der Waals surface area contributed by atoms with Gasteiger partial charge in [-0.2, -0.15) is 0 Å². The fraction of sp³-hybridized carbons (Fsp3) is 0.533. The van der Waals surface area contributed by atoms with E-state index in [2.05, 4.69) is 10.6 Å². The van der Waals surface area contributed by atoms with E-state index in [1.807, 2.05) is 24.3 Å². The van der Waals surface area contributed by atoms with E-state index in [1.54, 1.807) is 6.92 Å². The Balaban J connectivity index is 1.78. The Morgan fingerprint density at radius 3 is 2.47 bits per heavy atom. The molecule has 1 amide bonds. The Morgan fingerprint density at radius 2 is 1.84 bits per heavy atom. The molecule has 4 heteroatoms. The molecule has 4 nitrogen and oxygen atoms in total. The van der Waals surface area contributed by atoms with Crippen molar-refractivity contribution in [1.29, 1.82) is 0 Å². The second-order valence-electron chi connectivity index (χ2n) is 4.95. The van der Waals surface area contributed by atoms with Gasteiger partial charge in [0.15, 0.2) is 0 Å². The van der Waals surface area contributed by atoms with E-state index in [0.717, 1.165) is 23.8 Å². The van der Waals surface area contributed by atoms with Crippen molar-refractivity contribution in [2.45, 2.75) is 32.6 Å². The summed E-state index contributed by atoms with van der Waals surface area (Å²) in [5.74, 6) is 0.817. The zero-order valence-electron chi connectivity index (χ0n) is 11.4. The second-order valence-corrected chi connectivity index (χ2v) is 4.95. The van der Waals surface area contributed by atoms with Crippen LogP contribution >= 0.6 is 0 Å². The van der Waals surface area contributed by atoms with Crippen LogP contribution in [0, 0.1) is 5.92 Å². The third-order valence-electron chi connectivity index (χ3n) is 3.48. The van der Waals surface area contributed by atoms with E-state index < -0.39 is 6.09 Å². The summed E-state index contributed by atoms with van der Waals surface area (Å²) in [6.45, 7) is 3.22. The van der Waals surface area contributed by atoms with Crippen LogP contribution in [0.1, 0.15) is 32.6 Å². The average Bonchev–Trinajstić information content (AvgIpc) is 2.91. The number of hydrogen-bond donors (Lipinski definition) is 2. The number of hydrogen-bond acceptors (Lipinski definition) is 3. The molecule has 0 saturated heterocycles. The van der Waals surface area contributed by atoms with Gasteiger partial charge in [-0.05, 0) is 49.9 Å². The number of carbonyl (C=O) groups excluding carboxylic acids is 1. The van der Waals surface area contributed by atoms with Gasteiger partial charge < -0.3 is 10.1 Å². The zero-order chi connectivity index (χ0) is 13.5. The zero-order valence-corrected chi connectivity index (χ0v) is 11.4. The second kappa shape index (κ2) is 7.02. The van der Waals surface area contributed by atoms with E-state index in [1.165, 1.54) is 25.7 Å². The molecule has 1 aliphatic carbocycles. The standard InChI is InChI=1S/C15H22N2O2/c1-2-19-15(18)17-14-9-7-13(8-10-14)16-11-12-5-3-4-6-12/h7-10,12,16H,2-6,11H2,1H3,(H,17,18). The Kier molecular flexibility index (Phi) is 5.07. The van der Waals surface area contributed by atoms with Gasteiger partial charge in [-0.3, -0.25) is 5.32 Å². The van der Waals surface area contributed by atoms with Crippen LogP contribution in [0.4, 0.5) is 16.2 Å². The Morgan fingerprint density at radius 1 is 1.21 bits per heavy atom. The molecule has 2 rings (SSSR count). The van der Waals surface area contributed by atoms with Crippen molar-refractivity contribution in [3.63, 3.8) is 0 Å². The average molecular weight is 262 g/mol. The summed E-state index contributed by atoms with van der Waals surface area (Å²) in [4.78, 5) is 11.2. The largest absolute Gasteiger partial charge is 0.450 e. The van der Waals surface area contributed by atoms with E-state index in [9.17, 15) is 4.79 Å². The van der Waals surface area contributed by atoms with Crippen LogP contribution in [0.3, 0.4) is 0 Å². The van der Waals surface area contributed by atoms with Crippen molar-refractivity contribution in [2.24, 2.45) is 5.92 Å². The van der Waals surface area contributed by atoms with Gasteiger partial charge in [0, 0.05) is 17.9 Å². The molecular weight excluding hydrogens is 240 g/mol. The van der Waals surface area contributed by atoms with Gasteiger partial charge in [-0.25, -0.2) is 4.79 Å². The van der Waals surface area contributed by atoms with E-state index in [0.29, 0.717) is 6.61 Å². The number of ether oxygens (including phenoxy) is 1. The van der Waals surface area contributed by atoms with Gasteiger partial charge in [0.05, 0.1) is 6.61 Å². The summed E-state index contributed by atoms with van der Waals surface area (Å²) in [6, 6.07) is 7.73. The van der Waals surface area contributed by atoms with Gasteiger partial charge in [0.1, 0.15) is 0 Å². The smallest absolute Gasteiger partial charge is 0.411 e. The van der Waals surface area contributed by atoms with Crippen LogP contribution < -0.4 is 10.6 Å². The molecule has 1 aromatic carbocycles. The first-order chi connectivity index (χ1) is 9.28. The van der Waals surface area contributed by atoms with Crippen molar-refractivity contribution in [3.05, 3.63) is 24.3 Å². The summed E-state index contributed by atoms with van der Waals surface area (Å²) < 4.78 is 4.83. The summed E-state index contributed by atoms with van der Waals surface area (Å²) in [7, 11) is 0. The lowest BCUT2D eigenvalue weighted by Gasteiger charge is -2.12. The van der Waals surface area contributed by atoms with Gasteiger partial charge in [0.2, 0.25) is 0 Å². The van der Waals surface area contributed by atoms with Crippen molar-refractivity contribution >= 4 is 17.5 Å². The van der Waals surface area contributed by atoms with E-state index in [-0.39, 0.29) is 0 Å². The molecule has 0 radical (unpaired) electrons. The summed E-state index contributed by atoms with van der Waals surface area (Å²) in [5.41, 5.74) is 1.85. The lowest BCUT2D eigenvalue weighted by Crippen LogP contribution is -2.13. The van der Waals surface area contributed by atoms with Gasteiger partial charge >= 0.3 is 6.09 Å². The van der Waals surface area contributed by atoms with Gasteiger partial charge in [-0.1, -0.05) is 12.8 Å². The molecule has 104 valence electrons. The van der Waals surface area contributed by atoms with Crippen LogP contribution in [0.25, 0.3) is 0 Å². The molecular formula is C15H22N2O2. The molecule has 0 unspecified atom stereocenters. The van der Waals surface area contributed by atoms with Crippen molar-refractivity contribution < 1.29 is 9.53 Å².